The molecule has 0 bridgehead atoms. The number of carboxylic acids is 1. The van der Waals surface area contributed by atoms with Crippen molar-refractivity contribution in [1.82, 2.24) is 10.6 Å². The maximum absolute atomic E-state index is 10.8. The van der Waals surface area contributed by atoms with Crippen LogP contribution in [0.5, 0.6) is 0 Å². The number of ether oxygens (including phenoxy) is 1. The van der Waals surface area contributed by atoms with Crippen LogP contribution in [0.25, 0.3) is 0 Å². The fourth-order valence-electron chi connectivity index (χ4n) is 2.23. The minimum atomic E-state index is -0.859. The largest absolute Gasteiger partial charge is 0.480 e. The fraction of sp³-hybridized carbons (Fsp3) is 0.889. The quantitative estimate of drug-likeness (QED) is 0.456. The zero-order chi connectivity index (χ0) is 10.9. The summed E-state index contributed by atoms with van der Waals surface area (Å²) in [5, 5.41) is 14.9. The van der Waals surface area contributed by atoms with E-state index < -0.39 is 17.8 Å². The number of nitrogens with one attached hydrogen (secondary N) is 2. The Morgan fingerprint density at radius 3 is 2.67 bits per heavy atom. The molecule has 0 spiro atoms. The van der Waals surface area contributed by atoms with Gasteiger partial charge in [-0.1, -0.05) is 0 Å². The molecule has 86 valence electrons. The smallest absolute Gasteiger partial charge is 0.322 e. The van der Waals surface area contributed by atoms with Crippen LogP contribution in [0.1, 0.15) is 12.8 Å². The molecule has 2 aliphatic rings. The molecule has 0 aromatic heterocycles. The molecule has 2 fully saturated rings. The van der Waals surface area contributed by atoms with Crippen molar-refractivity contribution in [2.24, 2.45) is 11.7 Å². The van der Waals surface area contributed by atoms with Gasteiger partial charge in [-0.3, -0.25) is 15.4 Å². The molecule has 6 nitrogen and oxygen atoms in total. The van der Waals surface area contributed by atoms with Crippen LogP contribution in [0.4, 0.5) is 0 Å². The van der Waals surface area contributed by atoms with Gasteiger partial charge in [-0.15, -0.1) is 0 Å². The Morgan fingerprint density at radius 1 is 1.47 bits per heavy atom. The Balaban J connectivity index is 1.98. The Labute approximate surface area is 88.2 Å². The van der Waals surface area contributed by atoms with E-state index in [0.29, 0.717) is 19.8 Å². The van der Waals surface area contributed by atoms with Crippen molar-refractivity contribution in [3.63, 3.8) is 0 Å². The van der Waals surface area contributed by atoms with Gasteiger partial charge in [0.05, 0.1) is 0 Å². The summed E-state index contributed by atoms with van der Waals surface area (Å²) in [5.74, 6) is -1.37. The molecule has 0 saturated carbocycles. The topological polar surface area (TPSA) is 96.6 Å². The average Bonchev–Trinajstić information content (AvgIpc) is 2.64. The molecule has 2 rings (SSSR count). The lowest BCUT2D eigenvalue weighted by Gasteiger charge is -2.36. The minimum Gasteiger partial charge on any atom is -0.480 e. The van der Waals surface area contributed by atoms with Gasteiger partial charge in [0.25, 0.3) is 0 Å². The highest BCUT2D eigenvalue weighted by Crippen LogP contribution is 2.24. The molecule has 0 aromatic carbocycles. The highest BCUT2D eigenvalue weighted by atomic mass is 16.5. The van der Waals surface area contributed by atoms with Crippen molar-refractivity contribution >= 4 is 5.97 Å². The van der Waals surface area contributed by atoms with E-state index in [4.69, 9.17) is 15.6 Å². The standard InChI is InChI=1S/C9H17N3O3/c10-9(6-1-3-15-4-2-6)11-5-7(12-9)8(13)14/h6-7,11-12H,1-5,10H2,(H,13,14). The predicted octanol–water partition coefficient (Wildman–Crippen LogP) is -1.33. The second kappa shape index (κ2) is 4.05. The van der Waals surface area contributed by atoms with E-state index in [1.807, 2.05) is 0 Å². The number of hydrogen-bond acceptors (Lipinski definition) is 5. The molecule has 2 aliphatic heterocycles. The lowest BCUT2D eigenvalue weighted by molar-refractivity contribution is -0.139. The summed E-state index contributed by atoms with van der Waals surface area (Å²) >= 11 is 0. The average molecular weight is 215 g/mol. The van der Waals surface area contributed by atoms with Gasteiger partial charge >= 0.3 is 5.97 Å². The minimum absolute atomic E-state index is 0.232. The van der Waals surface area contributed by atoms with Gasteiger partial charge in [-0.25, -0.2) is 0 Å². The molecule has 2 atom stereocenters. The fourth-order valence-corrected chi connectivity index (χ4v) is 2.23. The van der Waals surface area contributed by atoms with Crippen LogP contribution in [0.15, 0.2) is 0 Å². The van der Waals surface area contributed by atoms with Crippen LogP contribution in [-0.2, 0) is 9.53 Å². The van der Waals surface area contributed by atoms with Gasteiger partial charge in [0.15, 0.2) is 0 Å². The first-order valence-electron chi connectivity index (χ1n) is 5.24. The van der Waals surface area contributed by atoms with E-state index in [-0.39, 0.29) is 5.92 Å². The first kappa shape index (κ1) is 10.8. The summed E-state index contributed by atoms with van der Waals surface area (Å²) in [5.41, 5.74) is 6.12. The van der Waals surface area contributed by atoms with Crippen molar-refractivity contribution in [3.8, 4) is 0 Å². The lowest BCUT2D eigenvalue weighted by atomic mass is 9.93. The van der Waals surface area contributed by atoms with Crippen LogP contribution in [0.2, 0.25) is 0 Å². The van der Waals surface area contributed by atoms with Crippen molar-refractivity contribution in [2.45, 2.75) is 24.7 Å². The summed E-state index contributed by atoms with van der Waals surface area (Å²) < 4.78 is 5.25. The monoisotopic (exact) mass is 215 g/mol. The lowest BCUT2D eigenvalue weighted by Crippen LogP contribution is -2.64. The Kier molecular flexibility index (Phi) is 2.92. The third kappa shape index (κ3) is 2.12. The van der Waals surface area contributed by atoms with Crippen LogP contribution >= 0.6 is 0 Å². The Morgan fingerprint density at radius 2 is 2.13 bits per heavy atom. The van der Waals surface area contributed by atoms with E-state index in [1.165, 1.54) is 0 Å². The summed E-state index contributed by atoms with van der Waals surface area (Å²) in [6, 6.07) is -0.585. The molecule has 2 saturated heterocycles. The molecule has 5 N–H and O–H groups in total. The van der Waals surface area contributed by atoms with Crippen molar-refractivity contribution < 1.29 is 14.6 Å². The molecule has 0 aromatic rings. The first-order chi connectivity index (χ1) is 7.12. The van der Waals surface area contributed by atoms with E-state index >= 15 is 0 Å². The van der Waals surface area contributed by atoms with Gasteiger partial charge in [-0.2, -0.15) is 0 Å². The number of hydrogen-bond donors (Lipinski definition) is 4. The summed E-state index contributed by atoms with van der Waals surface area (Å²) in [6.07, 6.45) is 1.73. The maximum atomic E-state index is 10.8. The normalized spacial score (nSPS) is 38.1. The van der Waals surface area contributed by atoms with E-state index in [2.05, 4.69) is 10.6 Å². The summed E-state index contributed by atoms with van der Waals surface area (Å²) in [6.45, 7) is 1.78. The second-order valence-corrected chi connectivity index (χ2v) is 4.17. The number of rotatable bonds is 2. The molecular weight excluding hydrogens is 198 g/mol. The van der Waals surface area contributed by atoms with Crippen molar-refractivity contribution in [3.05, 3.63) is 0 Å². The third-order valence-corrected chi connectivity index (χ3v) is 3.18. The molecule has 2 unspecified atom stereocenters. The van der Waals surface area contributed by atoms with Crippen molar-refractivity contribution in [1.29, 1.82) is 0 Å². The SMILES string of the molecule is NC1(C2CCOCC2)NCC(C(=O)O)N1. The highest BCUT2D eigenvalue weighted by Gasteiger charge is 2.43. The molecule has 0 amide bonds. The van der Waals surface area contributed by atoms with Crippen LogP contribution in [0.3, 0.4) is 0 Å². The van der Waals surface area contributed by atoms with Crippen LogP contribution in [-0.4, -0.2) is 42.7 Å². The van der Waals surface area contributed by atoms with Gasteiger partial charge in [0.1, 0.15) is 11.8 Å². The van der Waals surface area contributed by atoms with E-state index in [0.717, 1.165) is 12.8 Å². The van der Waals surface area contributed by atoms with Gasteiger partial charge < -0.3 is 15.6 Å². The molecule has 0 radical (unpaired) electrons. The molecule has 2 heterocycles. The van der Waals surface area contributed by atoms with Gasteiger partial charge in [0.2, 0.25) is 0 Å². The number of aliphatic carboxylic acids is 1. The highest BCUT2D eigenvalue weighted by molar-refractivity contribution is 5.74. The van der Waals surface area contributed by atoms with Gasteiger partial charge in [0, 0.05) is 25.7 Å². The first-order valence-corrected chi connectivity index (χ1v) is 5.24. The van der Waals surface area contributed by atoms with Crippen molar-refractivity contribution in [2.75, 3.05) is 19.8 Å². The van der Waals surface area contributed by atoms with E-state index in [1.54, 1.807) is 0 Å². The second-order valence-electron chi connectivity index (χ2n) is 4.17. The summed E-state index contributed by atoms with van der Waals surface area (Å²) in [7, 11) is 0. The summed E-state index contributed by atoms with van der Waals surface area (Å²) in [4.78, 5) is 10.8. The maximum Gasteiger partial charge on any atom is 0.322 e. The van der Waals surface area contributed by atoms with E-state index in [9.17, 15) is 4.79 Å². The molecular formula is C9H17N3O3. The van der Waals surface area contributed by atoms with Crippen LogP contribution in [0, 0.1) is 5.92 Å². The zero-order valence-corrected chi connectivity index (χ0v) is 8.53. The third-order valence-electron chi connectivity index (χ3n) is 3.18. The Bertz CT molecular complexity index is 255. The molecule has 6 heteroatoms. The Hall–Kier alpha value is -0.690. The predicted molar refractivity (Wildman–Crippen MR) is 53.0 cm³/mol. The molecule has 15 heavy (non-hydrogen) atoms. The van der Waals surface area contributed by atoms with Crippen LogP contribution < -0.4 is 16.4 Å². The number of carboxylic acid groups (broad SMARTS) is 1. The molecule has 0 aliphatic carbocycles. The number of nitrogens with two attached hydrogens (primary N) is 1. The number of carbonyl (C=O) groups is 1. The zero-order valence-electron chi connectivity index (χ0n) is 8.53. The van der Waals surface area contributed by atoms with Gasteiger partial charge in [-0.05, 0) is 12.8 Å².